The average Bonchev–Trinajstić information content (AvgIpc) is 2.57. The molecule has 0 amide bonds. The number of carboxylic acids is 1. The van der Waals surface area contributed by atoms with Crippen LogP contribution < -0.4 is 0 Å². The molecule has 5 radical (unpaired) electrons. The van der Waals surface area contributed by atoms with Gasteiger partial charge in [-0.15, -0.1) is 0 Å². The van der Waals surface area contributed by atoms with Gasteiger partial charge < -0.3 is 5.11 Å². The van der Waals surface area contributed by atoms with Crippen molar-refractivity contribution in [2.45, 2.75) is 19.4 Å². The fraction of sp³-hybridized carbons (Fsp3) is 0.300. The molecule has 13 heavy (non-hydrogen) atoms. The second-order valence-corrected chi connectivity index (χ2v) is 2.76. The van der Waals surface area contributed by atoms with Gasteiger partial charge in [-0.2, -0.15) is 0 Å². The first-order chi connectivity index (χ1) is 6.24. The fourth-order valence-corrected chi connectivity index (χ4v) is 0.995. The standard InChI is InChI=1S/C10H12NO2/c1-2-9(10(12)13)11-7-8-5-3-4-6-8/h3-7,9H,2H2,1H3,(H,12,13)/t9-/m0/s1. The summed E-state index contributed by atoms with van der Waals surface area (Å²) in [6.45, 7) is 1.81. The van der Waals surface area contributed by atoms with Gasteiger partial charge in [0, 0.05) is 12.1 Å². The van der Waals surface area contributed by atoms with E-state index in [9.17, 15) is 4.79 Å². The van der Waals surface area contributed by atoms with Gasteiger partial charge in [-0.25, -0.2) is 4.79 Å². The van der Waals surface area contributed by atoms with Crippen molar-refractivity contribution < 1.29 is 9.90 Å². The molecule has 1 N–H and O–H groups in total. The number of hydrogen-bond acceptors (Lipinski definition) is 2. The first-order valence-corrected chi connectivity index (χ1v) is 4.21. The molecule has 0 spiro atoms. The van der Waals surface area contributed by atoms with Crippen molar-refractivity contribution in [2.24, 2.45) is 4.99 Å². The van der Waals surface area contributed by atoms with E-state index >= 15 is 0 Å². The summed E-state index contributed by atoms with van der Waals surface area (Å²) < 4.78 is 0. The zero-order valence-corrected chi connectivity index (χ0v) is 7.47. The van der Waals surface area contributed by atoms with Crippen LogP contribution in [0.2, 0.25) is 0 Å². The van der Waals surface area contributed by atoms with Gasteiger partial charge in [-0.05, 0) is 32.1 Å². The lowest BCUT2D eigenvalue weighted by Gasteiger charge is -2.04. The van der Waals surface area contributed by atoms with E-state index < -0.39 is 12.0 Å². The van der Waals surface area contributed by atoms with Crippen molar-refractivity contribution in [2.75, 3.05) is 0 Å². The number of nitrogens with zero attached hydrogens (tertiary/aromatic N) is 1. The highest BCUT2D eigenvalue weighted by Gasteiger charge is 2.17. The molecule has 1 saturated carbocycles. The van der Waals surface area contributed by atoms with E-state index in [1.54, 1.807) is 13.1 Å². The van der Waals surface area contributed by atoms with E-state index in [-0.39, 0.29) is 0 Å². The fourth-order valence-electron chi connectivity index (χ4n) is 0.995. The lowest BCUT2D eigenvalue weighted by molar-refractivity contribution is -0.138. The molecule has 1 aliphatic rings. The molecule has 1 atom stereocenters. The van der Waals surface area contributed by atoms with Crippen molar-refractivity contribution in [3.63, 3.8) is 0 Å². The molecule has 1 rings (SSSR count). The lowest BCUT2D eigenvalue weighted by Crippen LogP contribution is -2.17. The quantitative estimate of drug-likeness (QED) is 0.660. The molecule has 3 nitrogen and oxygen atoms in total. The summed E-state index contributed by atoms with van der Waals surface area (Å²) in [6.07, 6.45) is 9.68. The molecular weight excluding hydrogens is 166 g/mol. The summed E-state index contributed by atoms with van der Waals surface area (Å²) >= 11 is 0. The molecule has 0 unspecified atom stereocenters. The summed E-state index contributed by atoms with van der Waals surface area (Å²) in [5.41, 5.74) is 0. The van der Waals surface area contributed by atoms with Gasteiger partial charge in [0.15, 0.2) is 0 Å². The van der Waals surface area contributed by atoms with Gasteiger partial charge in [0.25, 0.3) is 0 Å². The van der Waals surface area contributed by atoms with Crippen LogP contribution in [-0.2, 0) is 4.79 Å². The Bertz CT molecular complexity index is 195. The van der Waals surface area contributed by atoms with E-state index in [2.05, 4.69) is 4.99 Å². The average molecular weight is 178 g/mol. The Kier molecular flexibility index (Phi) is 3.93. The number of carboxylic acid groups (broad SMARTS) is 1. The Morgan fingerprint density at radius 1 is 1.62 bits per heavy atom. The second kappa shape index (κ2) is 5.00. The van der Waals surface area contributed by atoms with Crippen LogP contribution in [-0.4, -0.2) is 23.3 Å². The minimum absolute atomic E-state index is 0.520. The summed E-state index contributed by atoms with van der Waals surface area (Å²) in [6, 6.07) is -0.616. The number of carbonyl (C=O) groups is 1. The summed E-state index contributed by atoms with van der Waals surface area (Å²) in [4.78, 5) is 14.5. The van der Waals surface area contributed by atoms with Gasteiger partial charge in [-0.3, -0.25) is 4.99 Å². The molecule has 0 bridgehead atoms. The molecule has 1 aliphatic carbocycles. The molecule has 69 valence electrons. The van der Waals surface area contributed by atoms with E-state index in [0.717, 1.165) is 5.92 Å². The smallest absolute Gasteiger partial charge is 0.328 e. The number of hydrogen-bond donors (Lipinski definition) is 1. The predicted octanol–water partition coefficient (Wildman–Crippen LogP) is 1.33. The number of aliphatic imine (C=N–C) groups is 1. The SMILES string of the molecule is CC[C@H](N=C[C]1[CH][CH][CH][CH]1)C(=O)O. The van der Waals surface area contributed by atoms with Gasteiger partial charge >= 0.3 is 5.97 Å². The highest BCUT2D eigenvalue weighted by molar-refractivity contribution is 5.85. The Balaban J connectivity index is 2.39. The molecular formula is C10H12NO2. The maximum atomic E-state index is 10.6. The maximum Gasteiger partial charge on any atom is 0.328 e. The van der Waals surface area contributed by atoms with Gasteiger partial charge in [0.2, 0.25) is 0 Å². The topological polar surface area (TPSA) is 49.7 Å². The van der Waals surface area contributed by atoms with Gasteiger partial charge in [-0.1, -0.05) is 6.92 Å². The molecule has 0 saturated heterocycles. The Morgan fingerprint density at radius 2 is 2.23 bits per heavy atom. The first-order valence-electron chi connectivity index (χ1n) is 4.21. The first kappa shape index (κ1) is 10.2. The van der Waals surface area contributed by atoms with Crippen LogP contribution in [0.1, 0.15) is 13.3 Å². The van der Waals surface area contributed by atoms with Crippen LogP contribution in [0.3, 0.4) is 0 Å². The monoisotopic (exact) mass is 178 g/mol. The number of aliphatic carboxylic acids is 1. The molecule has 1 fully saturated rings. The van der Waals surface area contributed by atoms with Crippen LogP contribution in [0.25, 0.3) is 0 Å². The Hall–Kier alpha value is -0.860. The van der Waals surface area contributed by atoms with Crippen LogP contribution in [0.5, 0.6) is 0 Å². The molecule has 0 aromatic carbocycles. The summed E-state index contributed by atoms with van der Waals surface area (Å²) in [7, 11) is 0. The zero-order chi connectivity index (χ0) is 9.68. The van der Waals surface area contributed by atoms with Crippen molar-refractivity contribution in [3.05, 3.63) is 31.6 Å². The molecule has 3 heteroatoms. The highest BCUT2D eigenvalue weighted by atomic mass is 16.4. The zero-order valence-electron chi connectivity index (χ0n) is 7.47. The molecule has 0 aromatic rings. The minimum Gasteiger partial charge on any atom is -0.480 e. The van der Waals surface area contributed by atoms with E-state index in [0.29, 0.717) is 6.42 Å². The summed E-state index contributed by atoms with van der Waals surface area (Å²) in [5, 5.41) is 8.69. The van der Waals surface area contributed by atoms with Gasteiger partial charge in [0.1, 0.15) is 6.04 Å². The molecule has 0 heterocycles. The van der Waals surface area contributed by atoms with E-state index in [1.165, 1.54) is 0 Å². The van der Waals surface area contributed by atoms with Crippen molar-refractivity contribution >= 4 is 12.2 Å². The normalized spacial score (nSPS) is 21.0. The van der Waals surface area contributed by atoms with Gasteiger partial charge in [0.05, 0.1) is 0 Å². The van der Waals surface area contributed by atoms with Crippen molar-refractivity contribution in [1.82, 2.24) is 0 Å². The Labute approximate surface area is 78.9 Å². The second-order valence-electron chi connectivity index (χ2n) is 2.76. The van der Waals surface area contributed by atoms with Crippen molar-refractivity contribution in [3.8, 4) is 0 Å². The maximum absolute atomic E-state index is 10.6. The lowest BCUT2D eigenvalue weighted by atomic mass is 10.1. The third-order valence-corrected chi connectivity index (χ3v) is 1.76. The Morgan fingerprint density at radius 3 is 2.69 bits per heavy atom. The third kappa shape index (κ3) is 3.17. The van der Waals surface area contributed by atoms with Crippen molar-refractivity contribution in [1.29, 1.82) is 0 Å². The van der Waals surface area contributed by atoms with Crippen LogP contribution in [0, 0.1) is 31.6 Å². The van der Waals surface area contributed by atoms with Crippen LogP contribution >= 0.6 is 0 Å². The molecule has 0 aromatic heterocycles. The predicted molar refractivity (Wildman–Crippen MR) is 50.6 cm³/mol. The van der Waals surface area contributed by atoms with E-state index in [4.69, 9.17) is 5.11 Å². The van der Waals surface area contributed by atoms with Crippen LogP contribution in [0.4, 0.5) is 0 Å². The minimum atomic E-state index is -0.870. The highest BCUT2D eigenvalue weighted by Crippen LogP contribution is 2.20. The van der Waals surface area contributed by atoms with Crippen LogP contribution in [0.15, 0.2) is 4.99 Å². The largest absolute Gasteiger partial charge is 0.480 e. The molecule has 0 aliphatic heterocycles. The summed E-state index contributed by atoms with van der Waals surface area (Å²) in [5.74, 6) is 0.0741. The number of rotatable bonds is 4. The van der Waals surface area contributed by atoms with E-state index in [1.807, 2.05) is 25.7 Å². The third-order valence-electron chi connectivity index (χ3n) is 1.76.